The Morgan fingerprint density at radius 3 is 2.73 bits per heavy atom. The molecule has 6 heteroatoms. The van der Waals surface area contributed by atoms with E-state index in [0.29, 0.717) is 17.4 Å². The van der Waals surface area contributed by atoms with Crippen LogP contribution < -0.4 is 4.72 Å². The van der Waals surface area contributed by atoms with E-state index in [2.05, 4.69) is 9.62 Å². The lowest BCUT2D eigenvalue weighted by Crippen LogP contribution is -2.42. The van der Waals surface area contributed by atoms with Gasteiger partial charge in [-0.05, 0) is 44.4 Å². The van der Waals surface area contributed by atoms with Crippen LogP contribution in [0.5, 0.6) is 0 Å². The van der Waals surface area contributed by atoms with E-state index < -0.39 is 10.0 Å². The zero-order valence-electron chi connectivity index (χ0n) is 13.4. The minimum atomic E-state index is -3.40. The van der Waals surface area contributed by atoms with Gasteiger partial charge in [-0.2, -0.15) is 0 Å². The molecule has 22 heavy (non-hydrogen) atoms. The van der Waals surface area contributed by atoms with Crippen molar-refractivity contribution in [3.63, 3.8) is 0 Å². The molecule has 1 heterocycles. The van der Waals surface area contributed by atoms with Gasteiger partial charge in [-0.15, -0.1) is 0 Å². The molecule has 1 aromatic carbocycles. The van der Waals surface area contributed by atoms with Crippen LogP contribution in [0.1, 0.15) is 18.4 Å². The van der Waals surface area contributed by atoms with Crippen molar-refractivity contribution in [2.45, 2.75) is 24.7 Å². The topological polar surface area (TPSA) is 58.6 Å². The van der Waals surface area contributed by atoms with E-state index in [1.54, 1.807) is 19.2 Å². The minimum absolute atomic E-state index is 0.338. The monoisotopic (exact) mass is 326 g/mol. The van der Waals surface area contributed by atoms with E-state index in [0.717, 1.165) is 44.6 Å². The summed E-state index contributed by atoms with van der Waals surface area (Å²) in [4.78, 5) is 2.68. The first-order valence-corrected chi connectivity index (χ1v) is 9.27. The molecule has 1 saturated heterocycles. The normalized spacial score (nSPS) is 20.2. The Morgan fingerprint density at radius 1 is 1.32 bits per heavy atom. The number of hydrogen-bond acceptors (Lipinski definition) is 4. The molecular formula is C16H26N2O3S. The summed E-state index contributed by atoms with van der Waals surface area (Å²) in [5.74, 6) is 0.367. The van der Waals surface area contributed by atoms with Crippen molar-refractivity contribution < 1.29 is 13.2 Å². The van der Waals surface area contributed by atoms with Crippen LogP contribution in [0, 0.1) is 12.8 Å². The lowest BCUT2D eigenvalue weighted by Gasteiger charge is -2.32. The minimum Gasteiger partial charge on any atom is -0.383 e. The number of likely N-dealkylation sites (tertiary alicyclic amines) is 1. The molecule has 1 aromatic rings. The van der Waals surface area contributed by atoms with E-state index in [1.807, 2.05) is 19.1 Å². The van der Waals surface area contributed by atoms with Gasteiger partial charge in [-0.1, -0.05) is 17.7 Å². The molecule has 0 aliphatic carbocycles. The number of piperidine rings is 1. The third-order valence-corrected chi connectivity index (χ3v) is 5.55. The van der Waals surface area contributed by atoms with Crippen molar-refractivity contribution in [1.29, 1.82) is 0 Å². The summed E-state index contributed by atoms with van der Waals surface area (Å²) in [6.45, 7) is 6.09. The second kappa shape index (κ2) is 8.06. The number of nitrogens with one attached hydrogen (secondary N) is 1. The van der Waals surface area contributed by atoms with Crippen LogP contribution in [0.15, 0.2) is 29.2 Å². The summed E-state index contributed by atoms with van der Waals surface area (Å²) in [6, 6.07) is 6.95. The number of rotatable bonds is 7. The molecule has 1 atom stereocenters. The molecular weight excluding hydrogens is 300 g/mol. The van der Waals surface area contributed by atoms with E-state index in [1.165, 1.54) is 0 Å². The Hall–Kier alpha value is -0.950. The smallest absolute Gasteiger partial charge is 0.240 e. The van der Waals surface area contributed by atoms with Crippen LogP contribution >= 0.6 is 0 Å². The number of methoxy groups -OCH3 is 1. The molecule has 1 aliphatic heterocycles. The van der Waals surface area contributed by atoms with Crippen LogP contribution in [0.2, 0.25) is 0 Å². The van der Waals surface area contributed by atoms with Gasteiger partial charge in [-0.3, -0.25) is 0 Å². The fourth-order valence-corrected chi connectivity index (χ4v) is 3.89. The van der Waals surface area contributed by atoms with Gasteiger partial charge < -0.3 is 9.64 Å². The molecule has 2 rings (SSSR count). The van der Waals surface area contributed by atoms with Crippen LogP contribution in [0.25, 0.3) is 0 Å². The molecule has 5 nitrogen and oxygen atoms in total. The summed E-state index contributed by atoms with van der Waals surface area (Å²) >= 11 is 0. The maximum atomic E-state index is 12.3. The average Bonchev–Trinajstić information content (AvgIpc) is 2.52. The zero-order valence-corrected chi connectivity index (χ0v) is 14.2. The van der Waals surface area contributed by atoms with Gasteiger partial charge >= 0.3 is 0 Å². The van der Waals surface area contributed by atoms with Crippen molar-refractivity contribution in [2.75, 3.05) is 39.9 Å². The van der Waals surface area contributed by atoms with Crippen LogP contribution in [0.3, 0.4) is 0 Å². The SMILES string of the molecule is COCCN1CCCC(CNS(=O)(=O)c2ccc(C)cc2)C1. The second-order valence-corrected chi connectivity index (χ2v) is 7.73. The van der Waals surface area contributed by atoms with Crippen LogP contribution in [0.4, 0.5) is 0 Å². The standard InChI is InChI=1S/C16H26N2O3S/c1-14-5-7-16(8-6-14)22(19,20)17-12-15-4-3-9-18(13-15)10-11-21-2/h5-8,15,17H,3-4,9-13H2,1-2H3. The zero-order chi connectivity index (χ0) is 16.0. The maximum absolute atomic E-state index is 12.3. The Labute approximate surface area is 133 Å². The number of hydrogen-bond donors (Lipinski definition) is 1. The molecule has 124 valence electrons. The highest BCUT2D eigenvalue weighted by Gasteiger charge is 2.22. The molecule has 1 fully saturated rings. The summed E-state index contributed by atoms with van der Waals surface area (Å²) < 4.78 is 32.5. The number of aryl methyl sites for hydroxylation is 1. The molecule has 1 aliphatic rings. The van der Waals surface area contributed by atoms with Crippen molar-refractivity contribution in [2.24, 2.45) is 5.92 Å². The van der Waals surface area contributed by atoms with Crippen molar-refractivity contribution in [1.82, 2.24) is 9.62 Å². The molecule has 0 radical (unpaired) electrons. The van der Waals surface area contributed by atoms with Gasteiger partial charge in [0.25, 0.3) is 0 Å². The Bertz CT molecular complexity index is 557. The summed E-state index contributed by atoms with van der Waals surface area (Å²) in [5, 5.41) is 0. The first-order valence-electron chi connectivity index (χ1n) is 7.79. The van der Waals surface area contributed by atoms with Gasteiger partial charge in [0, 0.05) is 26.7 Å². The van der Waals surface area contributed by atoms with Gasteiger partial charge in [0.2, 0.25) is 10.0 Å². The van der Waals surface area contributed by atoms with E-state index in [-0.39, 0.29) is 0 Å². The first kappa shape index (κ1) is 17.4. The summed E-state index contributed by atoms with van der Waals surface area (Å²) in [6.07, 6.45) is 2.18. The van der Waals surface area contributed by atoms with Gasteiger partial charge in [-0.25, -0.2) is 13.1 Å². The molecule has 0 spiro atoms. The second-order valence-electron chi connectivity index (χ2n) is 5.97. The largest absolute Gasteiger partial charge is 0.383 e. The van der Waals surface area contributed by atoms with Gasteiger partial charge in [0.1, 0.15) is 0 Å². The molecule has 0 amide bonds. The fourth-order valence-electron chi connectivity index (χ4n) is 2.77. The predicted molar refractivity (Wildman–Crippen MR) is 87.4 cm³/mol. The Balaban J connectivity index is 1.87. The maximum Gasteiger partial charge on any atom is 0.240 e. The van der Waals surface area contributed by atoms with Crippen molar-refractivity contribution >= 4 is 10.0 Å². The highest BCUT2D eigenvalue weighted by Crippen LogP contribution is 2.17. The lowest BCUT2D eigenvalue weighted by molar-refractivity contribution is 0.115. The van der Waals surface area contributed by atoms with Crippen molar-refractivity contribution in [3.05, 3.63) is 29.8 Å². The first-order chi connectivity index (χ1) is 10.5. The van der Waals surface area contributed by atoms with Crippen LogP contribution in [-0.4, -0.2) is 53.2 Å². The van der Waals surface area contributed by atoms with Gasteiger partial charge in [0.05, 0.1) is 11.5 Å². The fraction of sp³-hybridized carbons (Fsp3) is 0.625. The molecule has 0 saturated carbocycles. The quantitative estimate of drug-likeness (QED) is 0.827. The number of ether oxygens (including phenoxy) is 1. The molecule has 0 aromatic heterocycles. The van der Waals surface area contributed by atoms with E-state index in [9.17, 15) is 8.42 Å². The molecule has 1 unspecified atom stereocenters. The van der Waals surface area contributed by atoms with E-state index >= 15 is 0 Å². The Morgan fingerprint density at radius 2 is 2.05 bits per heavy atom. The highest BCUT2D eigenvalue weighted by molar-refractivity contribution is 7.89. The lowest BCUT2D eigenvalue weighted by atomic mass is 9.98. The van der Waals surface area contributed by atoms with Crippen molar-refractivity contribution in [3.8, 4) is 0 Å². The summed E-state index contributed by atoms with van der Waals surface area (Å²) in [7, 11) is -1.70. The van der Waals surface area contributed by atoms with E-state index in [4.69, 9.17) is 4.74 Å². The average molecular weight is 326 g/mol. The summed E-state index contributed by atoms with van der Waals surface area (Å²) in [5.41, 5.74) is 1.06. The third-order valence-electron chi connectivity index (χ3n) is 4.11. The number of sulfonamides is 1. The third kappa shape index (κ3) is 5.05. The number of nitrogens with zero attached hydrogens (tertiary/aromatic N) is 1. The highest BCUT2D eigenvalue weighted by atomic mass is 32.2. The Kier molecular flexibility index (Phi) is 6.37. The number of benzene rings is 1. The van der Waals surface area contributed by atoms with Gasteiger partial charge in [0.15, 0.2) is 0 Å². The molecule has 0 bridgehead atoms. The molecule has 1 N–H and O–H groups in total. The predicted octanol–water partition coefficient (Wildman–Crippen LogP) is 1.63. The van der Waals surface area contributed by atoms with Crippen LogP contribution in [-0.2, 0) is 14.8 Å².